The predicted octanol–water partition coefficient (Wildman–Crippen LogP) is 5.62. The molecule has 1 atom stereocenters. The van der Waals surface area contributed by atoms with Gasteiger partial charge in [-0.15, -0.1) is 0 Å². The Kier molecular flexibility index (Phi) is 4.56. The molecule has 0 fully saturated rings. The number of pyridine rings is 2. The minimum atomic E-state index is -0.541. The van der Waals surface area contributed by atoms with Crippen molar-refractivity contribution in [3.63, 3.8) is 0 Å². The van der Waals surface area contributed by atoms with Gasteiger partial charge in [0.25, 0.3) is 11.8 Å². The molecule has 0 bridgehead atoms. The van der Waals surface area contributed by atoms with E-state index in [9.17, 15) is 9.59 Å². The SMILES string of the molecule is Cc1cccc(-c2nc3c(Cl)cccc3cc2[C@H](C)N2C(=O)c3ccccc3C2=O)n1. The Balaban J connectivity index is 1.71. The summed E-state index contributed by atoms with van der Waals surface area (Å²) in [5, 5.41) is 1.37. The van der Waals surface area contributed by atoms with Gasteiger partial charge in [-0.05, 0) is 50.2 Å². The molecule has 0 unspecified atom stereocenters. The summed E-state index contributed by atoms with van der Waals surface area (Å²) in [5.74, 6) is -0.607. The number of hydrogen-bond donors (Lipinski definition) is 0. The van der Waals surface area contributed by atoms with Crippen LogP contribution in [-0.2, 0) is 0 Å². The summed E-state index contributed by atoms with van der Waals surface area (Å²) in [6, 6.07) is 19.6. The molecule has 0 saturated carbocycles. The zero-order valence-electron chi connectivity index (χ0n) is 17.0. The Morgan fingerprint density at radius 3 is 2.23 bits per heavy atom. The second kappa shape index (κ2) is 7.29. The van der Waals surface area contributed by atoms with Gasteiger partial charge in [0.05, 0.1) is 39.1 Å². The van der Waals surface area contributed by atoms with E-state index in [1.54, 1.807) is 30.3 Å². The van der Waals surface area contributed by atoms with E-state index in [1.807, 2.05) is 50.2 Å². The Morgan fingerprint density at radius 2 is 1.55 bits per heavy atom. The molecule has 3 heterocycles. The molecule has 152 valence electrons. The Morgan fingerprint density at radius 1 is 0.871 bits per heavy atom. The van der Waals surface area contributed by atoms with Crippen LogP contribution in [-0.4, -0.2) is 26.7 Å². The lowest BCUT2D eigenvalue weighted by atomic mass is 9.99. The summed E-state index contributed by atoms with van der Waals surface area (Å²) in [4.78, 5) is 36.9. The van der Waals surface area contributed by atoms with Crippen LogP contribution in [0.2, 0.25) is 5.02 Å². The zero-order chi connectivity index (χ0) is 21.7. The smallest absolute Gasteiger partial charge is 0.262 e. The highest BCUT2D eigenvalue weighted by molar-refractivity contribution is 6.35. The average molecular weight is 428 g/mol. The molecule has 31 heavy (non-hydrogen) atoms. The van der Waals surface area contributed by atoms with Gasteiger partial charge in [-0.25, -0.2) is 4.98 Å². The predicted molar refractivity (Wildman–Crippen MR) is 120 cm³/mol. The molecule has 5 rings (SSSR count). The number of benzene rings is 2. The molecule has 1 aliphatic heterocycles. The third kappa shape index (κ3) is 3.09. The van der Waals surface area contributed by atoms with Gasteiger partial charge in [0.15, 0.2) is 0 Å². The summed E-state index contributed by atoms with van der Waals surface area (Å²) in [6.07, 6.45) is 0. The van der Waals surface area contributed by atoms with Crippen LogP contribution in [0.4, 0.5) is 0 Å². The maximum absolute atomic E-state index is 13.1. The number of nitrogens with zero attached hydrogens (tertiary/aromatic N) is 3. The summed E-state index contributed by atoms with van der Waals surface area (Å²) in [5.41, 5.74) is 4.35. The van der Waals surface area contributed by atoms with Crippen molar-refractivity contribution in [2.45, 2.75) is 19.9 Å². The zero-order valence-corrected chi connectivity index (χ0v) is 17.7. The van der Waals surface area contributed by atoms with Crippen LogP contribution in [0.5, 0.6) is 0 Å². The standard InChI is InChI=1S/C25H18ClN3O2/c1-14-7-5-12-21(27-14)23-19(13-16-8-6-11-20(26)22(16)28-23)15(2)29-24(30)17-9-3-4-10-18(17)25(29)31/h3-13,15H,1-2H3/t15-/m0/s1. The van der Waals surface area contributed by atoms with Crippen molar-refractivity contribution < 1.29 is 9.59 Å². The van der Waals surface area contributed by atoms with Gasteiger partial charge >= 0.3 is 0 Å². The maximum atomic E-state index is 13.1. The molecular formula is C25H18ClN3O2. The highest BCUT2D eigenvalue weighted by Crippen LogP contribution is 2.37. The second-order valence-electron chi connectivity index (χ2n) is 7.60. The van der Waals surface area contributed by atoms with E-state index in [0.717, 1.165) is 16.6 Å². The average Bonchev–Trinajstić information content (AvgIpc) is 3.03. The fourth-order valence-corrected chi connectivity index (χ4v) is 4.30. The number of halogens is 1. The molecule has 6 heteroatoms. The molecule has 5 nitrogen and oxygen atoms in total. The van der Waals surface area contributed by atoms with Crippen molar-refractivity contribution in [1.29, 1.82) is 0 Å². The highest BCUT2D eigenvalue weighted by Gasteiger charge is 2.39. The van der Waals surface area contributed by atoms with Crippen molar-refractivity contribution in [1.82, 2.24) is 14.9 Å². The van der Waals surface area contributed by atoms with Gasteiger partial charge in [-0.2, -0.15) is 0 Å². The van der Waals surface area contributed by atoms with Gasteiger partial charge in [0.1, 0.15) is 0 Å². The summed E-state index contributed by atoms with van der Waals surface area (Å²) >= 11 is 6.41. The van der Waals surface area contributed by atoms with E-state index in [1.165, 1.54) is 4.90 Å². The van der Waals surface area contributed by atoms with Crippen LogP contribution >= 0.6 is 11.6 Å². The van der Waals surface area contributed by atoms with Crippen LogP contribution in [0.1, 0.15) is 44.9 Å². The molecule has 4 aromatic rings. The van der Waals surface area contributed by atoms with Crippen molar-refractivity contribution in [2.75, 3.05) is 0 Å². The lowest BCUT2D eigenvalue weighted by Crippen LogP contribution is -2.33. The lowest BCUT2D eigenvalue weighted by molar-refractivity contribution is 0.0595. The number of imide groups is 1. The van der Waals surface area contributed by atoms with E-state index < -0.39 is 6.04 Å². The van der Waals surface area contributed by atoms with Crippen LogP contribution in [0, 0.1) is 6.92 Å². The van der Waals surface area contributed by atoms with E-state index in [2.05, 4.69) is 4.98 Å². The molecule has 2 amide bonds. The number of carbonyl (C=O) groups excluding carboxylic acids is 2. The van der Waals surface area contributed by atoms with Crippen molar-refractivity contribution >= 4 is 34.3 Å². The first-order valence-corrected chi connectivity index (χ1v) is 10.3. The molecule has 0 aliphatic carbocycles. The Hall–Kier alpha value is -3.57. The van der Waals surface area contributed by atoms with Gasteiger partial charge < -0.3 is 0 Å². The van der Waals surface area contributed by atoms with E-state index in [4.69, 9.17) is 16.6 Å². The van der Waals surface area contributed by atoms with Crippen molar-refractivity contribution in [2.24, 2.45) is 0 Å². The third-order valence-corrected chi connectivity index (χ3v) is 5.92. The number of para-hydroxylation sites is 1. The van der Waals surface area contributed by atoms with Gasteiger partial charge in [0.2, 0.25) is 0 Å². The van der Waals surface area contributed by atoms with Crippen LogP contribution < -0.4 is 0 Å². The number of aromatic nitrogens is 2. The van der Waals surface area contributed by atoms with Gasteiger partial charge in [-0.1, -0.05) is 41.9 Å². The van der Waals surface area contributed by atoms with E-state index in [-0.39, 0.29) is 11.8 Å². The van der Waals surface area contributed by atoms with Crippen LogP contribution in [0.15, 0.2) is 66.7 Å². The van der Waals surface area contributed by atoms with Crippen LogP contribution in [0.3, 0.4) is 0 Å². The molecule has 2 aromatic heterocycles. The van der Waals surface area contributed by atoms with E-state index >= 15 is 0 Å². The second-order valence-corrected chi connectivity index (χ2v) is 8.01. The first-order chi connectivity index (χ1) is 15.0. The van der Waals surface area contributed by atoms with Crippen LogP contribution in [0.25, 0.3) is 22.3 Å². The summed E-state index contributed by atoms with van der Waals surface area (Å²) in [6.45, 7) is 3.75. The highest BCUT2D eigenvalue weighted by atomic mass is 35.5. The molecule has 0 saturated heterocycles. The number of rotatable bonds is 3. The number of amides is 2. The quantitative estimate of drug-likeness (QED) is 0.398. The molecular weight excluding hydrogens is 410 g/mol. The molecule has 0 spiro atoms. The van der Waals surface area contributed by atoms with Gasteiger partial charge in [0, 0.05) is 16.6 Å². The lowest BCUT2D eigenvalue weighted by Gasteiger charge is -2.25. The first kappa shape index (κ1) is 19.4. The van der Waals surface area contributed by atoms with Gasteiger partial charge in [-0.3, -0.25) is 19.5 Å². The fourth-order valence-electron chi connectivity index (χ4n) is 4.08. The minimum Gasteiger partial charge on any atom is -0.269 e. The fraction of sp³-hybridized carbons (Fsp3) is 0.120. The molecule has 1 aliphatic rings. The van der Waals surface area contributed by atoms with Crippen molar-refractivity contribution in [3.05, 3.63) is 94.1 Å². The molecule has 0 radical (unpaired) electrons. The van der Waals surface area contributed by atoms with Crippen molar-refractivity contribution in [3.8, 4) is 11.4 Å². The maximum Gasteiger partial charge on any atom is 0.262 e. The largest absolute Gasteiger partial charge is 0.269 e. The summed E-state index contributed by atoms with van der Waals surface area (Å²) in [7, 11) is 0. The normalized spacial score (nSPS) is 14.2. The molecule has 0 N–H and O–H groups in total. The Bertz CT molecular complexity index is 1350. The first-order valence-electron chi connectivity index (χ1n) is 9.96. The minimum absolute atomic E-state index is 0.303. The number of carbonyl (C=O) groups is 2. The third-order valence-electron chi connectivity index (χ3n) is 5.62. The summed E-state index contributed by atoms with van der Waals surface area (Å²) < 4.78 is 0. The topological polar surface area (TPSA) is 63.2 Å². The number of hydrogen-bond acceptors (Lipinski definition) is 4. The number of fused-ring (bicyclic) bond motifs is 2. The van der Waals surface area contributed by atoms with E-state index in [0.29, 0.717) is 33.1 Å². The Labute approximate surface area is 184 Å². The molecule has 2 aromatic carbocycles. The monoisotopic (exact) mass is 427 g/mol. The number of aryl methyl sites for hydroxylation is 1.